The van der Waals surface area contributed by atoms with Crippen LogP contribution < -0.4 is 5.73 Å². The van der Waals surface area contributed by atoms with E-state index in [1.165, 1.54) is 10.4 Å². The molecule has 1 rings (SSSR count). The van der Waals surface area contributed by atoms with Crippen molar-refractivity contribution in [1.82, 2.24) is 4.31 Å². The van der Waals surface area contributed by atoms with Gasteiger partial charge in [0.1, 0.15) is 4.90 Å². The van der Waals surface area contributed by atoms with Crippen molar-refractivity contribution in [2.75, 3.05) is 18.8 Å². The van der Waals surface area contributed by atoms with Crippen LogP contribution in [-0.4, -0.2) is 25.8 Å². The van der Waals surface area contributed by atoms with Crippen LogP contribution in [0.2, 0.25) is 0 Å². The molecule has 108 valence electrons. The van der Waals surface area contributed by atoms with Crippen LogP contribution in [0.15, 0.2) is 21.5 Å². The summed E-state index contributed by atoms with van der Waals surface area (Å²) in [5, 5.41) is 0. The molecule has 7 heteroatoms. The molecule has 0 atom stereocenters. The van der Waals surface area contributed by atoms with Crippen LogP contribution in [0.4, 0.5) is 10.1 Å². The molecule has 0 radical (unpaired) electrons. The molecule has 19 heavy (non-hydrogen) atoms. The van der Waals surface area contributed by atoms with Crippen molar-refractivity contribution in [3.8, 4) is 0 Å². The lowest BCUT2D eigenvalue weighted by molar-refractivity contribution is 0.378. The van der Waals surface area contributed by atoms with Gasteiger partial charge in [-0.3, -0.25) is 0 Å². The van der Waals surface area contributed by atoms with E-state index in [1.54, 1.807) is 6.92 Å². The highest BCUT2D eigenvalue weighted by Crippen LogP contribution is 2.28. The van der Waals surface area contributed by atoms with Gasteiger partial charge in [0, 0.05) is 18.8 Å². The molecule has 4 nitrogen and oxygen atoms in total. The minimum absolute atomic E-state index is 0.0478. The zero-order valence-corrected chi connectivity index (χ0v) is 13.6. The average Bonchev–Trinajstić information content (AvgIpc) is 2.30. The number of hydrogen-bond acceptors (Lipinski definition) is 3. The summed E-state index contributed by atoms with van der Waals surface area (Å²) >= 11 is 2.97. The van der Waals surface area contributed by atoms with E-state index in [4.69, 9.17) is 5.73 Å². The van der Waals surface area contributed by atoms with Gasteiger partial charge in [0.15, 0.2) is 5.82 Å². The zero-order chi connectivity index (χ0) is 14.8. The predicted molar refractivity (Wildman–Crippen MR) is 77.8 cm³/mol. The topological polar surface area (TPSA) is 63.4 Å². The SMILES string of the molecule is CCN(CC(C)C)S(=O)(=O)c1cc(N)cc(Br)c1F. The molecule has 1 aromatic rings. The van der Waals surface area contributed by atoms with E-state index in [-0.39, 0.29) is 27.5 Å². The maximum atomic E-state index is 14.0. The number of rotatable bonds is 5. The number of nitrogens with zero attached hydrogens (tertiary/aromatic N) is 1. The molecule has 0 aliphatic heterocycles. The third-order valence-corrected chi connectivity index (χ3v) is 5.07. The lowest BCUT2D eigenvalue weighted by atomic mass is 10.2. The Labute approximate surface area is 122 Å². The molecule has 0 fully saturated rings. The molecule has 2 N–H and O–H groups in total. The second-order valence-electron chi connectivity index (χ2n) is 4.66. The van der Waals surface area contributed by atoms with Crippen LogP contribution in [-0.2, 0) is 10.0 Å². The number of benzene rings is 1. The Morgan fingerprint density at radius 1 is 1.42 bits per heavy atom. The Kier molecular flexibility index (Phi) is 5.34. The molecular formula is C12H18BrFN2O2S. The molecule has 0 spiro atoms. The fourth-order valence-corrected chi connectivity index (χ4v) is 4.06. The minimum atomic E-state index is -3.87. The molecule has 0 aliphatic carbocycles. The van der Waals surface area contributed by atoms with Crippen molar-refractivity contribution >= 4 is 31.6 Å². The van der Waals surface area contributed by atoms with Gasteiger partial charge in [0.25, 0.3) is 0 Å². The Bertz CT molecular complexity index is 561. The summed E-state index contributed by atoms with van der Waals surface area (Å²) in [7, 11) is -3.87. The van der Waals surface area contributed by atoms with Gasteiger partial charge in [0.05, 0.1) is 4.47 Å². The van der Waals surface area contributed by atoms with Gasteiger partial charge in [-0.25, -0.2) is 12.8 Å². The minimum Gasteiger partial charge on any atom is -0.399 e. The highest BCUT2D eigenvalue weighted by Gasteiger charge is 2.28. The van der Waals surface area contributed by atoms with Gasteiger partial charge < -0.3 is 5.73 Å². The van der Waals surface area contributed by atoms with E-state index in [1.807, 2.05) is 13.8 Å². The maximum absolute atomic E-state index is 14.0. The standard InChI is InChI=1S/C12H18BrFN2O2S/c1-4-16(7-8(2)3)19(17,18)11-6-9(15)5-10(13)12(11)14/h5-6,8H,4,7,15H2,1-3H3. The Morgan fingerprint density at radius 3 is 2.47 bits per heavy atom. The van der Waals surface area contributed by atoms with Gasteiger partial charge in [-0.15, -0.1) is 0 Å². The van der Waals surface area contributed by atoms with Crippen molar-refractivity contribution < 1.29 is 12.8 Å². The van der Waals surface area contributed by atoms with E-state index in [0.29, 0.717) is 6.54 Å². The molecule has 0 aliphatic rings. The van der Waals surface area contributed by atoms with Crippen LogP contribution in [0.25, 0.3) is 0 Å². The second kappa shape index (κ2) is 6.19. The van der Waals surface area contributed by atoms with E-state index in [0.717, 1.165) is 6.07 Å². The zero-order valence-electron chi connectivity index (χ0n) is 11.2. The quantitative estimate of drug-likeness (QED) is 0.828. The first kappa shape index (κ1) is 16.4. The fourth-order valence-electron chi connectivity index (χ4n) is 1.72. The molecular weight excluding hydrogens is 335 g/mol. The third-order valence-electron chi connectivity index (χ3n) is 2.56. The van der Waals surface area contributed by atoms with E-state index >= 15 is 0 Å². The van der Waals surface area contributed by atoms with Crippen LogP contribution in [0.3, 0.4) is 0 Å². The fraction of sp³-hybridized carbons (Fsp3) is 0.500. The maximum Gasteiger partial charge on any atom is 0.246 e. The van der Waals surface area contributed by atoms with Crippen LogP contribution in [0.1, 0.15) is 20.8 Å². The molecule has 0 bridgehead atoms. The molecule has 0 amide bonds. The normalized spacial score (nSPS) is 12.4. The lowest BCUT2D eigenvalue weighted by Crippen LogP contribution is -2.34. The van der Waals surface area contributed by atoms with Crippen molar-refractivity contribution in [1.29, 1.82) is 0 Å². The molecule has 0 unspecified atom stereocenters. The predicted octanol–water partition coefficient (Wildman–Crippen LogP) is 2.84. The summed E-state index contributed by atoms with van der Waals surface area (Å²) in [5.74, 6) is -0.654. The second-order valence-corrected chi connectivity index (χ2v) is 7.43. The monoisotopic (exact) mass is 352 g/mol. The van der Waals surface area contributed by atoms with E-state index in [2.05, 4.69) is 15.9 Å². The van der Waals surface area contributed by atoms with Gasteiger partial charge in [-0.05, 0) is 34.0 Å². The van der Waals surface area contributed by atoms with E-state index < -0.39 is 15.8 Å². The van der Waals surface area contributed by atoms with E-state index in [9.17, 15) is 12.8 Å². The van der Waals surface area contributed by atoms with Gasteiger partial charge in [-0.2, -0.15) is 4.31 Å². The Morgan fingerprint density at radius 2 is 2.00 bits per heavy atom. The number of nitrogen functional groups attached to an aromatic ring is 1. The first-order valence-corrected chi connectivity index (χ1v) is 8.18. The number of nitrogens with two attached hydrogens (primary N) is 1. The summed E-state index contributed by atoms with van der Waals surface area (Å²) in [6.07, 6.45) is 0. The highest BCUT2D eigenvalue weighted by molar-refractivity contribution is 9.10. The molecule has 0 heterocycles. The molecule has 0 saturated heterocycles. The van der Waals surface area contributed by atoms with Crippen molar-refractivity contribution in [2.45, 2.75) is 25.7 Å². The molecule has 1 aromatic carbocycles. The Balaban J connectivity index is 3.33. The highest BCUT2D eigenvalue weighted by atomic mass is 79.9. The number of sulfonamides is 1. The average molecular weight is 353 g/mol. The van der Waals surface area contributed by atoms with Gasteiger partial charge in [-0.1, -0.05) is 20.8 Å². The smallest absolute Gasteiger partial charge is 0.246 e. The van der Waals surface area contributed by atoms with Crippen molar-refractivity contribution in [2.24, 2.45) is 5.92 Å². The number of hydrogen-bond donors (Lipinski definition) is 1. The van der Waals surface area contributed by atoms with Crippen LogP contribution in [0.5, 0.6) is 0 Å². The molecule has 0 aromatic heterocycles. The van der Waals surface area contributed by atoms with Crippen LogP contribution in [0, 0.1) is 11.7 Å². The summed E-state index contributed by atoms with van der Waals surface area (Å²) in [6, 6.07) is 2.49. The first-order chi connectivity index (χ1) is 8.70. The summed E-state index contributed by atoms with van der Waals surface area (Å²) < 4.78 is 40.2. The first-order valence-electron chi connectivity index (χ1n) is 5.94. The van der Waals surface area contributed by atoms with Gasteiger partial charge >= 0.3 is 0 Å². The van der Waals surface area contributed by atoms with Crippen molar-refractivity contribution in [3.63, 3.8) is 0 Å². The summed E-state index contributed by atoms with van der Waals surface area (Å²) in [5.41, 5.74) is 5.79. The van der Waals surface area contributed by atoms with Crippen LogP contribution >= 0.6 is 15.9 Å². The third kappa shape index (κ3) is 3.67. The van der Waals surface area contributed by atoms with Crippen molar-refractivity contribution in [3.05, 3.63) is 22.4 Å². The largest absolute Gasteiger partial charge is 0.399 e. The summed E-state index contributed by atoms with van der Waals surface area (Å²) in [6.45, 7) is 6.16. The summed E-state index contributed by atoms with van der Waals surface area (Å²) in [4.78, 5) is -0.387. The number of halogens is 2. The molecule has 0 saturated carbocycles. The lowest BCUT2D eigenvalue weighted by Gasteiger charge is -2.23. The Hall–Kier alpha value is -0.660. The van der Waals surface area contributed by atoms with Gasteiger partial charge in [0.2, 0.25) is 10.0 Å². The number of anilines is 1.